The molecule has 3 atom stereocenters. The van der Waals surface area contributed by atoms with Gasteiger partial charge < -0.3 is 0 Å². The van der Waals surface area contributed by atoms with Crippen LogP contribution in [-0.4, -0.2) is 0 Å². The molecule has 0 radical (unpaired) electrons. The summed E-state index contributed by atoms with van der Waals surface area (Å²) in [4.78, 5) is 0. The van der Waals surface area contributed by atoms with Gasteiger partial charge in [0, 0.05) is 0 Å². The zero-order valence-electron chi connectivity index (χ0n) is 10.7. The fourth-order valence-corrected chi connectivity index (χ4v) is 2.12. The van der Waals surface area contributed by atoms with Crippen LogP contribution in [0.1, 0.15) is 46.1 Å². The molecule has 1 aromatic carbocycles. The molecule has 0 amide bonds. The van der Waals surface area contributed by atoms with Crippen LogP contribution in [0.4, 0.5) is 0 Å². The van der Waals surface area contributed by atoms with Crippen molar-refractivity contribution in [3.05, 3.63) is 35.9 Å². The molecular weight excluding hydrogens is 180 g/mol. The number of hydrogen-bond acceptors (Lipinski definition) is 0. The number of benzene rings is 1. The predicted octanol–water partition coefficient (Wildman–Crippen LogP) is 4.72. The highest BCUT2D eigenvalue weighted by Gasteiger charge is 2.22. The second-order valence-electron chi connectivity index (χ2n) is 5.16. The molecule has 0 heteroatoms. The minimum Gasteiger partial charge on any atom is -0.0625 e. The van der Waals surface area contributed by atoms with Gasteiger partial charge in [-0.2, -0.15) is 0 Å². The molecule has 0 aliphatic carbocycles. The Bertz CT molecular complexity index is 273. The second kappa shape index (κ2) is 5.34. The Kier molecular flexibility index (Phi) is 4.38. The van der Waals surface area contributed by atoms with Crippen LogP contribution in [0, 0.1) is 17.8 Å². The molecule has 0 spiro atoms. The van der Waals surface area contributed by atoms with E-state index in [4.69, 9.17) is 0 Å². The van der Waals surface area contributed by atoms with Crippen molar-refractivity contribution in [1.29, 1.82) is 0 Å². The lowest BCUT2D eigenvalue weighted by atomic mass is 9.76. The molecule has 1 aromatic rings. The lowest BCUT2D eigenvalue weighted by molar-refractivity contribution is 0.264. The van der Waals surface area contributed by atoms with E-state index in [-0.39, 0.29) is 0 Å². The van der Waals surface area contributed by atoms with Gasteiger partial charge in [0.25, 0.3) is 0 Å². The quantitative estimate of drug-likeness (QED) is 0.666. The third-order valence-corrected chi connectivity index (χ3v) is 3.99. The molecule has 0 fully saturated rings. The highest BCUT2D eigenvalue weighted by molar-refractivity contribution is 5.19. The Balaban J connectivity index is 2.73. The topological polar surface area (TPSA) is 0 Å². The Morgan fingerprint density at radius 3 is 1.73 bits per heavy atom. The summed E-state index contributed by atoms with van der Waals surface area (Å²) in [6.45, 7) is 11.7. The smallest absolute Gasteiger partial charge is 0.0162 e. The van der Waals surface area contributed by atoms with Gasteiger partial charge in [-0.25, -0.2) is 0 Å². The molecule has 0 heterocycles. The van der Waals surface area contributed by atoms with Crippen molar-refractivity contribution < 1.29 is 0 Å². The van der Waals surface area contributed by atoms with Gasteiger partial charge in [-0.3, -0.25) is 0 Å². The SMILES string of the molecule is CC(C)[C@@H](C)[C@@H](C)[C@H](C)c1ccccc1. The highest BCUT2D eigenvalue weighted by atomic mass is 14.3. The predicted molar refractivity (Wildman–Crippen MR) is 68.0 cm³/mol. The first kappa shape index (κ1) is 12.3. The molecule has 0 N–H and O–H groups in total. The molecule has 1 rings (SSSR count). The van der Waals surface area contributed by atoms with Crippen LogP contribution in [0.2, 0.25) is 0 Å². The highest BCUT2D eigenvalue weighted by Crippen LogP contribution is 2.32. The molecule has 0 saturated carbocycles. The molecular formula is C15H24. The maximum absolute atomic E-state index is 2.38. The van der Waals surface area contributed by atoms with Gasteiger partial charge in [0.05, 0.1) is 0 Å². The largest absolute Gasteiger partial charge is 0.0625 e. The van der Waals surface area contributed by atoms with E-state index in [2.05, 4.69) is 65.0 Å². The molecule has 84 valence electrons. The minimum atomic E-state index is 0.656. The zero-order valence-corrected chi connectivity index (χ0v) is 10.7. The number of hydrogen-bond donors (Lipinski definition) is 0. The van der Waals surface area contributed by atoms with Gasteiger partial charge >= 0.3 is 0 Å². The van der Waals surface area contributed by atoms with Gasteiger partial charge in [-0.1, -0.05) is 65.0 Å². The summed E-state index contributed by atoms with van der Waals surface area (Å²) in [5, 5.41) is 0. The summed E-state index contributed by atoms with van der Waals surface area (Å²) in [5.41, 5.74) is 1.47. The van der Waals surface area contributed by atoms with E-state index in [0.29, 0.717) is 5.92 Å². The average Bonchev–Trinajstić information content (AvgIpc) is 2.27. The van der Waals surface area contributed by atoms with Crippen LogP contribution in [-0.2, 0) is 0 Å². The third-order valence-electron chi connectivity index (χ3n) is 3.99. The maximum Gasteiger partial charge on any atom is -0.0162 e. The van der Waals surface area contributed by atoms with Crippen LogP contribution in [0.25, 0.3) is 0 Å². The van der Waals surface area contributed by atoms with Crippen LogP contribution in [0.15, 0.2) is 30.3 Å². The maximum atomic E-state index is 2.38. The van der Waals surface area contributed by atoms with Gasteiger partial charge in [0.15, 0.2) is 0 Å². The van der Waals surface area contributed by atoms with Crippen molar-refractivity contribution >= 4 is 0 Å². The van der Waals surface area contributed by atoms with Crippen LogP contribution < -0.4 is 0 Å². The average molecular weight is 204 g/mol. The fourth-order valence-electron chi connectivity index (χ4n) is 2.12. The summed E-state index contributed by atoms with van der Waals surface area (Å²) < 4.78 is 0. The second-order valence-corrected chi connectivity index (χ2v) is 5.16. The molecule has 0 unspecified atom stereocenters. The summed E-state index contributed by atoms with van der Waals surface area (Å²) in [6, 6.07) is 10.9. The van der Waals surface area contributed by atoms with E-state index in [1.54, 1.807) is 0 Å². The van der Waals surface area contributed by atoms with E-state index in [1.807, 2.05) is 0 Å². The van der Waals surface area contributed by atoms with E-state index in [0.717, 1.165) is 17.8 Å². The van der Waals surface area contributed by atoms with Crippen LogP contribution in [0.3, 0.4) is 0 Å². The standard InChI is InChI=1S/C15H24/c1-11(2)12(3)13(4)14(5)15-9-7-6-8-10-15/h6-14H,1-5H3/t12-,13-,14+/m1/s1. The molecule has 0 aliphatic heterocycles. The minimum absolute atomic E-state index is 0.656. The fraction of sp³-hybridized carbons (Fsp3) is 0.600. The number of rotatable bonds is 4. The molecule has 0 bridgehead atoms. The normalized spacial score (nSPS) is 17.5. The summed E-state index contributed by atoms with van der Waals surface area (Å²) in [5.74, 6) is 2.95. The van der Waals surface area contributed by atoms with Crippen molar-refractivity contribution in [2.45, 2.75) is 40.5 Å². The lowest BCUT2D eigenvalue weighted by Gasteiger charge is -2.29. The van der Waals surface area contributed by atoms with Crippen molar-refractivity contribution in [3.8, 4) is 0 Å². The Labute approximate surface area is 94.7 Å². The Hall–Kier alpha value is -0.780. The van der Waals surface area contributed by atoms with Crippen molar-refractivity contribution in [3.63, 3.8) is 0 Å². The summed E-state index contributed by atoms with van der Waals surface area (Å²) in [6.07, 6.45) is 0. The van der Waals surface area contributed by atoms with E-state index in [9.17, 15) is 0 Å². The first-order valence-electron chi connectivity index (χ1n) is 6.09. The van der Waals surface area contributed by atoms with Crippen molar-refractivity contribution in [2.75, 3.05) is 0 Å². The molecule has 0 aliphatic rings. The lowest BCUT2D eigenvalue weighted by Crippen LogP contribution is -2.19. The molecule has 0 saturated heterocycles. The Morgan fingerprint density at radius 2 is 1.27 bits per heavy atom. The van der Waals surface area contributed by atoms with E-state index >= 15 is 0 Å². The molecule has 0 aromatic heterocycles. The molecule has 15 heavy (non-hydrogen) atoms. The van der Waals surface area contributed by atoms with Gasteiger partial charge in [0.2, 0.25) is 0 Å². The van der Waals surface area contributed by atoms with Crippen LogP contribution in [0.5, 0.6) is 0 Å². The zero-order chi connectivity index (χ0) is 11.4. The van der Waals surface area contributed by atoms with E-state index < -0.39 is 0 Å². The molecule has 0 nitrogen and oxygen atoms in total. The third kappa shape index (κ3) is 3.09. The van der Waals surface area contributed by atoms with Gasteiger partial charge in [0.1, 0.15) is 0 Å². The van der Waals surface area contributed by atoms with Gasteiger partial charge in [-0.05, 0) is 29.2 Å². The first-order chi connectivity index (χ1) is 7.04. The van der Waals surface area contributed by atoms with Crippen molar-refractivity contribution in [1.82, 2.24) is 0 Å². The Morgan fingerprint density at radius 1 is 0.733 bits per heavy atom. The van der Waals surface area contributed by atoms with E-state index in [1.165, 1.54) is 5.56 Å². The summed E-state index contributed by atoms with van der Waals surface area (Å²) in [7, 11) is 0. The van der Waals surface area contributed by atoms with Gasteiger partial charge in [-0.15, -0.1) is 0 Å². The van der Waals surface area contributed by atoms with Crippen LogP contribution >= 0.6 is 0 Å². The summed E-state index contributed by atoms with van der Waals surface area (Å²) >= 11 is 0. The van der Waals surface area contributed by atoms with Crippen molar-refractivity contribution in [2.24, 2.45) is 17.8 Å². The monoisotopic (exact) mass is 204 g/mol. The first-order valence-corrected chi connectivity index (χ1v) is 6.09.